The van der Waals surface area contributed by atoms with Crippen LogP contribution in [-0.4, -0.2) is 18.0 Å². The Balaban J connectivity index is 1.99. The number of nitrogens with two attached hydrogens (primary N) is 1. The van der Waals surface area contributed by atoms with Gasteiger partial charge in [0.2, 0.25) is 0 Å². The third-order valence-corrected chi connectivity index (χ3v) is 3.84. The van der Waals surface area contributed by atoms with E-state index >= 15 is 0 Å². The molecule has 0 radical (unpaired) electrons. The molecule has 1 aliphatic carbocycles. The Hall–Kier alpha value is -0.730. The average Bonchev–Trinajstić information content (AvgIpc) is 3.06. The lowest BCUT2D eigenvalue weighted by atomic mass is 10.1. The van der Waals surface area contributed by atoms with Crippen molar-refractivity contribution >= 4 is 17.3 Å². The highest BCUT2D eigenvalue weighted by Crippen LogP contribution is 2.35. The van der Waals surface area contributed by atoms with E-state index in [0.29, 0.717) is 16.8 Å². The number of nitrogens with zero attached hydrogens (tertiary/aromatic N) is 1. The van der Waals surface area contributed by atoms with Crippen molar-refractivity contribution in [3.8, 4) is 0 Å². The summed E-state index contributed by atoms with van der Waals surface area (Å²) in [6.07, 6.45) is 2.77. The second-order valence-electron chi connectivity index (χ2n) is 4.85. The summed E-state index contributed by atoms with van der Waals surface area (Å²) >= 11 is 5.90. The Morgan fingerprint density at radius 1 is 1.50 bits per heavy atom. The van der Waals surface area contributed by atoms with Crippen LogP contribution in [0.1, 0.15) is 25.3 Å². The molecule has 0 aliphatic heterocycles. The molecule has 88 valence electrons. The van der Waals surface area contributed by atoms with Gasteiger partial charge in [-0.15, -0.1) is 0 Å². The van der Waals surface area contributed by atoms with Crippen LogP contribution < -0.4 is 5.73 Å². The van der Waals surface area contributed by atoms with Crippen LogP contribution in [0.5, 0.6) is 0 Å². The summed E-state index contributed by atoms with van der Waals surface area (Å²) in [6, 6.07) is 6.56. The Labute approximate surface area is 102 Å². The first-order valence-electron chi connectivity index (χ1n) is 5.82. The van der Waals surface area contributed by atoms with Crippen LogP contribution in [0.4, 0.5) is 5.69 Å². The van der Waals surface area contributed by atoms with Crippen LogP contribution >= 0.6 is 11.6 Å². The molecular formula is C13H19ClN2. The van der Waals surface area contributed by atoms with Crippen LogP contribution in [0.3, 0.4) is 0 Å². The first-order valence-corrected chi connectivity index (χ1v) is 6.20. The van der Waals surface area contributed by atoms with Crippen LogP contribution in [0.2, 0.25) is 5.02 Å². The minimum absolute atomic E-state index is 0.640. The molecular weight excluding hydrogens is 220 g/mol. The van der Waals surface area contributed by atoms with Gasteiger partial charge < -0.3 is 5.73 Å². The van der Waals surface area contributed by atoms with E-state index in [9.17, 15) is 0 Å². The first kappa shape index (κ1) is 11.7. The third kappa shape index (κ3) is 2.69. The van der Waals surface area contributed by atoms with Gasteiger partial charge in [-0.25, -0.2) is 0 Å². The number of nitrogen functional groups attached to an aromatic ring is 1. The minimum Gasteiger partial charge on any atom is -0.398 e. The summed E-state index contributed by atoms with van der Waals surface area (Å²) in [5.74, 6) is 0.898. The minimum atomic E-state index is 0.640. The van der Waals surface area contributed by atoms with E-state index < -0.39 is 0 Å². The van der Waals surface area contributed by atoms with Crippen molar-refractivity contribution in [1.29, 1.82) is 0 Å². The summed E-state index contributed by atoms with van der Waals surface area (Å²) in [4.78, 5) is 2.39. The highest BCUT2D eigenvalue weighted by atomic mass is 35.5. The van der Waals surface area contributed by atoms with Crippen molar-refractivity contribution in [2.75, 3.05) is 12.8 Å². The quantitative estimate of drug-likeness (QED) is 0.817. The summed E-state index contributed by atoms with van der Waals surface area (Å²) in [5, 5.41) is 0.640. The predicted molar refractivity (Wildman–Crippen MR) is 69.5 cm³/mol. The molecule has 1 aliphatic rings. The van der Waals surface area contributed by atoms with Crippen molar-refractivity contribution < 1.29 is 0 Å². The van der Waals surface area contributed by atoms with Gasteiger partial charge in [-0.2, -0.15) is 0 Å². The lowest BCUT2D eigenvalue weighted by Crippen LogP contribution is -2.30. The van der Waals surface area contributed by atoms with E-state index in [2.05, 4.69) is 24.9 Å². The van der Waals surface area contributed by atoms with Crippen LogP contribution in [0, 0.1) is 5.92 Å². The Kier molecular flexibility index (Phi) is 3.41. The molecule has 0 amide bonds. The number of hydrogen-bond donors (Lipinski definition) is 1. The van der Waals surface area contributed by atoms with Crippen molar-refractivity contribution in [3.63, 3.8) is 0 Å². The molecule has 2 N–H and O–H groups in total. The van der Waals surface area contributed by atoms with Gasteiger partial charge in [-0.1, -0.05) is 17.7 Å². The van der Waals surface area contributed by atoms with Gasteiger partial charge in [0.1, 0.15) is 0 Å². The maximum atomic E-state index is 5.90. The Bertz CT molecular complexity index is 374. The van der Waals surface area contributed by atoms with Crippen LogP contribution in [0.15, 0.2) is 18.2 Å². The zero-order chi connectivity index (χ0) is 11.7. The highest BCUT2D eigenvalue weighted by Gasteiger charge is 2.30. The molecule has 0 aromatic heterocycles. The second-order valence-corrected chi connectivity index (χ2v) is 5.26. The first-order chi connectivity index (χ1) is 7.58. The molecule has 3 heteroatoms. The molecule has 0 heterocycles. The van der Waals surface area contributed by atoms with Gasteiger partial charge in [0.05, 0.1) is 10.7 Å². The molecule has 2 rings (SSSR count). The number of rotatable bonds is 4. The SMILES string of the molecule is CC(C1CC1)N(C)Cc1ccc(Cl)c(N)c1. The van der Waals surface area contributed by atoms with Crippen molar-refractivity contribution in [2.45, 2.75) is 32.4 Å². The van der Waals surface area contributed by atoms with E-state index in [0.717, 1.165) is 12.5 Å². The maximum absolute atomic E-state index is 5.90. The Morgan fingerprint density at radius 2 is 2.19 bits per heavy atom. The van der Waals surface area contributed by atoms with E-state index in [1.807, 2.05) is 12.1 Å². The van der Waals surface area contributed by atoms with Crippen molar-refractivity contribution in [1.82, 2.24) is 4.90 Å². The standard InChI is InChI=1S/C13H19ClN2/c1-9(11-4-5-11)16(2)8-10-3-6-12(14)13(15)7-10/h3,6-7,9,11H,4-5,8,15H2,1-2H3. The number of halogens is 1. The average molecular weight is 239 g/mol. The molecule has 1 fully saturated rings. The zero-order valence-electron chi connectivity index (χ0n) is 9.91. The lowest BCUT2D eigenvalue weighted by Gasteiger charge is -2.24. The van der Waals surface area contributed by atoms with E-state index in [1.54, 1.807) is 0 Å². The smallest absolute Gasteiger partial charge is 0.0635 e. The largest absolute Gasteiger partial charge is 0.398 e. The van der Waals surface area contributed by atoms with Crippen molar-refractivity contribution in [2.24, 2.45) is 5.92 Å². The predicted octanol–water partition coefficient (Wildman–Crippen LogP) is 3.15. The molecule has 0 saturated heterocycles. The maximum Gasteiger partial charge on any atom is 0.0635 e. The van der Waals surface area contributed by atoms with Crippen LogP contribution in [-0.2, 0) is 6.54 Å². The fourth-order valence-corrected chi connectivity index (χ4v) is 2.18. The molecule has 2 nitrogen and oxygen atoms in total. The molecule has 0 spiro atoms. The molecule has 1 aromatic carbocycles. The summed E-state index contributed by atoms with van der Waals surface area (Å²) in [5.41, 5.74) is 7.70. The lowest BCUT2D eigenvalue weighted by molar-refractivity contribution is 0.226. The van der Waals surface area contributed by atoms with Gasteiger partial charge in [0.25, 0.3) is 0 Å². The van der Waals surface area contributed by atoms with Gasteiger partial charge in [0, 0.05) is 12.6 Å². The molecule has 1 atom stereocenters. The van der Waals surface area contributed by atoms with Crippen LogP contribution in [0.25, 0.3) is 0 Å². The van der Waals surface area contributed by atoms with E-state index in [4.69, 9.17) is 17.3 Å². The topological polar surface area (TPSA) is 29.3 Å². The highest BCUT2D eigenvalue weighted by molar-refractivity contribution is 6.33. The monoisotopic (exact) mass is 238 g/mol. The van der Waals surface area contributed by atoms with Gasteiger partial charge in [-0.05, 0) is 50.4 Å². The normalized spacial score (nSPS) is 17.8. The third-order valence-electron chi connectivity index (χ3n) is 3.49. The molecule has 0 bridgehead atoms. The fraction of sp³-hybridized carbons (Fsp3) is 0.538. The molecule has 1 saturated carbocycles. The van der Waals surface area contributed by atoms with Gasteiger partial charge in [-0.3, -0.25) is 4.90 Å². The molecule has 1 aromatic rings. The second kappa shape index (κ2) is 4.64. The summed E-state index contributed by atoms with van der Waals surface area (Å²) < 4.78 is 0. The van der Waals surface area contributed by atoms with E-state index in [-0.39, 0.29) is 0 Å². The van der Waals surface area contributed by atoms with Gasteiger partial charge in [0.15, 0.2) is 0 Å². The molecule has 16 heavy (non-hydrogen) atoms. The zero-order valence-corrected chi connectivity index (χ0v) is 10.7. The molecule has 1 unspecified atom stereocenters. The van der Waals surface area contributed by atoms with Gasteiger partial charge >= 0.3 is 0 Å². The Morgan fingerprint density at radius 3 is 2.75 bits per heavy atom. The van der Waals surface area contributed by atoms with E-state index in [1.165, 1.54) is 18.4 Å². The number of benzene rings is 1. The number of hydrogen-bond acceptors (Lipinski definition) is 2. The number of anilines is 1. The van der Waals surface area contributed by atoms with Crippen molar-refractivity contribution in [3.05, 3.63) is 28.8 Å². The summed E-state index contributed by atoms with van der Waals surface area (Å²) in [7, 11) is 2.17. The fourth-order valence-electron chi connectivity index (χ4n) is 2.06. The summed E-state index contributed by atoms with van der Waals surface area (Å²) in [6.45, 7) is 3.25.